The SMILES string of the molecule is O=C(O)c1cn(Cc2ccccc2)c2ccc(Cc3ccccc3)cc2c1=O. The van der Waals surface area contributed by atoms with Crippen LogP contribution < -0.4 is 5.43 Å². The van der Waals surface area contributed by atoms with Gasteiger partial charge in [-0.15, -0.1) is 0 Å². The molecule has 4 heteroatoms. The van der Waals surface area contributed by atoms with Gasteiger partial charge < -0.3 is 9.67 Å². The Bertz CT molecular complexity index is 1200. The molecule has 0 fully saturated rings. The van der Waals surface area contributed by atoms with E-state index in [0.717, 1.165) is 22.2 Å². The molecule has 0 saturated heterocycles. The summed E-state index contributed by atoms with van der Waals surface area (Å²) in [6.45, 7) is 0.496. The van der Waals surface area contributed by atoms with Crippen molar-refractivity contribution >= 4 is 16.9 Å². The van der Waals surface area contributed by atoms with Gasteiger partial charge in [-0.3, -0.25) is 4.79 Å². The molecule has 0 aliphatic carbocycles. The molecule has 0 radical (unpaired) electrons. The van der Waals surface area contributed by atoms with Gasteiger partial charge in [-0.1, -0.05) is 66.7 Å². The number of carboxylic acid groups (broad SMARTS) is 1. The van der Waals surface area contributed by atoms with Gasteiger partial charge >= 0.3 is 5.97 Å². The Kier molecular flexibility index (Phi) is 4.77. The maximum absolute atomic E-state index is 12.8. The fraction of sp³-hybridized carbons (Fsp3) is 0.0833. The zero-order valence-corrected chi connectivity index (χ0v) is 15.2. The first-order valence-corrected chi connectivity index (χ1v) is 9.09. The van der Waals surface area contributed by atoms with Crippen molar-refractivity contribution in [1.29, 1.82) is 0 Å². The summed E-state index contributed by atoms with van der Waals surface area (Å²) in [6.07, 6.45) is 2.13. The quantitative estimate of drug-likeness (QED) is 0.569. The summed E-state index contributed by atoms with van der Waals surface area (Å²) in [5.41, 5.74) is 3.24. The molecule has 0 unspecified atom stereocenters. The second kappa shape index (κ2) is 7.53. The lowest BCUT2D eigenvalue weighted by Crippen LogP contribution is -2.19. The fourth-order valence-corrected chi connectivity index (χ4v) is 3.45. The van der Waals surface area contributed by atoms with Gasteiger partial charge in [0.15, 0.2) is 0 Å². The van der Waals surface area contributed by atoms with Crippen LogP contribution in [-0.4, -0.2) is 15.6 Å². The topological polar surface area (TPSA) is 59.3 Å². The standard InChI is InChI=1S/C24H19NO3/c26-23-20-14-19(13-17-7-3-1-4-8-17)11-12-22(20)25(16-21(23)24(27)28)15-18-9-5-2-6-10-18/h1-12,14,16H,13,15H2,(H,27,28). The van der Waals surface area contributed by atoms with E-state index in [1.54, 1.807) is 0 Å². The Morgan fingerprint density at radius 2 is 1.46 bits per heavy atom. The molecule has 28 heavy (non-hydrogen) atoms. The van der Waals surface area contributed by atoms with E-state index in [1.807, 2.05) is 83.4 Å². The zero-order valence-electron chi connectivity index (χ0n) is 15.2. The highest BCUT2D eigenvalue weighted by molar-refractivity contribution is 5.92. The van der Waals surface area contributed by atoms with Crippen molar-refractivity contribution in [2.24, 2.45) is 0 Å². The van der Waals surface area contributed by atoms with Crippen LogP contribution in [0.2, 0.25) is 0 Å². The van der Waals surface area contributed by atoms with E-state index >= 15 is 0 Å². The van der Waals surface area contributed by atoms with E-state index in [1.165, 1.54) is 6.20 Å². The number of nitrogens with zero attached hydrogens (tertiary/aromatic N) is 1. The van der Waals surface area contributed by atoms with E-state index < -0.39 is 11.4 Å². The van der Waals surface area contributed by atoms with Crippen LogP contribution >= 0.6 is 0 Å². The highest BCUT2D eigenvalue weighted by atomic mass is 16.4. The third-order valence-corrected chi connectivity index (χ3v) is 4.82. The van der Waals surface area contributed by atoms with Gasteiger partial charge in [0.05, 0.1) is 5.52 Å². The van der Waals surface area contributed by atoms with Crippen LogP contribution in [0.3, 0.4) is 0 Å². The molecule has 0 atom stereocenters. The predicted molar refractivity (Wildman–Crippen MR) is 110 cm³/mol. The molecule has 0 spiro atoms. The number of fused-ring (bicyclic) bond motifs is 1. The van der Waals surface area contributed by atoms with Gasteiger partial charge in [-0.25, -0.2) is 4.79 Å². The van der Waals surface area contributed by atoms with Crippen molar-refractivity contribution < 1.29 is 9.90 Å². The third kappa shape index (κ3) is 3.58. The largest absolute Gasteiger partial charge is 0.477 e. The zero-order chi connectivity index (χ0) is 19.5. The lowest BCUT2D eigenvalue weighted by Gasteiger charge is -2.14. The van der Waals surface area contributed by atoms with Crippen LogP contribution in [0, 0.1) is 0 Å². The monoisotopic (exact) mass is 369 g/mol. The number of benzene rings is 3. The van der Waals surface area contributed by atoms with Gasteiger partial charge in [0.1, 0.15) is 5.56 Å². The molecule has 1 aromatic heterocycles. The highest BCUT2D eigenvalue weighted by Gasteiger charge is 2.15. The molecule has 0 aliphatic heterocycles. The van der Waals surface area contributed by atoms with Gasteiger partial charge in [-0.2, -0.15) is 0 Å². The molecule has 1 heterocycles. The molecular weight excluding hydrogens is 350 g/mol. The Labute approximate surface area is 162 Å². The first kappa shape index (κ1) is 17.7. The van der Waals surface area contributed by atoms with Crippen molar-refractivity contribution in [2.45, 2.75) is 13.0 Å². The molecule has 4 aromatic rings. The van der Waals surface area contributed by atoms with E-state index in [9.17, 15) is 14.7 Å². The molecule has 4 rings (SSSR count). The summed E-state index contributed by atoms with van der Waals surface area (Å²) in [5, 5.41) is 9.94. The number of carbonyl (C=O) groups is 1. The van der Waals surface area contributed by atoms with Crippen LogP contribution in [0.4, 0.5) is 0 Å². The molecule has 3 aromatic carbocycles. The number of carboxylic acids is 1. The Balaban J connectivity index is 1.84. The second-order valence-corrected chi connectivity index (χ2v) is 6.80. The number of hydrogen-bond acceptors (Lipinski definition) is 2. The summed E-state index contributed by atoms with van der Waals surface area (Å²) in [4.78, 5) is 24.4. The Morgan fingerprint density at radius 3 is 2.11 bits per heavy atom. The van der Waals surface area contributed by atoms with E-state index in [-0.39, 0.29) is 5.56 Å². The Hall–Kier alpha value is -3.66. The van der Waals surface area contributed by atoms with Crippen molar-refractivity contribution in [3.63, 3.8) is 0 Å². The average Bonchev–Trinajstić information content (AvgIpc) is 2.71. The molecular formula is C24H19NO3. The van der Waals surface area contributed by atoms with Crippen molar-refractivity contribution in [1.82, 2.24) is 4.57 Å². The molecule has 0 amide bonds. The van der Waals surface area contributed by atoms with Crippen LogP contribution in [-0.2, 0) is 13.0 Å². The summed E-state index contributed by atoms with van der Waals surface area (Å²) in [5.74, 6) is -1.21. The summed E-state index contributed by atoms with van der Waals surface area (Å²) in [6, 6.07) is 25.5. The maximum atomic E-state index is 12.8. The van der Waals surface area contributed by atoms with E-state index in [4.69, 9.17) is 0 Å². The molecule has 1 N–H and O–H groups in total. The van der Waals surface area contributed by atoms with E-state index in [0.29, 0.717) is 18.4 Å². The van der Waals surface area contributed by atoms with Crippen LogP contribution in [0.1, 0.15) is 27.0 Å². The average molecular weight is 369 g/mol. The number of hydrogen-bond donors (Lipinski definition) is 1. The molecule has 0 aliphatic rings. The lowest BCUT2D eigenvalue weighted by atomic mass is 10.0. The number of rotatable bonds is 5. The van der Waals surface area contributed by atoms with Crippen LogP contribution in [0.5, 0.6) is 0 Å². The number of pyridine rings is 1. The summed E-state index contributed by atoms with van der Waals surface area (Å²) >= 11 is 0. The van der Waals surface area contributed by atoms with Crippen LogP contribution in [0.15, 0.2) is 89.9 Å². The minimum Gasteiger partial charge on any atom is -0.477 e. The normalized spacial score (nSPS) is 10.9. The van der Waals surface area contributed by atoms with Crippen molar-refractivity contribution in [3.8, 4) is 0 Å². The van der Waals surface area contributed by atoms with Crippen molar-refractivity contribution in [3.05, 3.63) is 118 Å². The summed E-state index contributed by atoms with van der Waals surface area (Å²) in [7, 11) is 0. The Morgan fingerprint density at radius 1 is 0.821 bits per heavy atom. The van der Waals surface area contributed by atoms with Gasteiger partial charge in [0.25, 0.3) is 0 Å². The molecule has 0 bridgehead atoms. The van der Waals surface area contributed by atoms with Gasteiger partial charge in [0.2, 0.25) is 5.43 Å². The minimum absolute atomic E-state index is 0.208. The van der Waals surface area contributed by atoms with Gasteiger partial charge in [-0.05, 0) is 35.2 Å². The van der Waals surface area contributed by atoms with Crippen LogP contribution in [0.25, 0.3) is 10.9 Å². The number of aromatic nitrogens is 1. The maximum Gasteiger partial charge on any atom is 0.341 e. The smallest absolute Gasteiger partial charge is 0.341 e. The first-order chi connectivity index (χ1) is 13.6. The second-order valence-electron chi connectivity index (χ2n) is 6.80. The molecule has 138 valence electrons. The lowest BCUT2D eigenvalue weighted by molar-refractivity contribution is 0.0695. The predicted octanol–water partition coefficient (Wildman–Crippen LogP) is 4.34. The molecule has 4 nitrogen and oxygen atoms in total. The first-order valence-electron chi connectivity index (χ1n) is 9.09. The van der Waals surface area contributed by atoms with E-state index in [2.05, 4.69) is 0 Å². The summed E-state index contributed by atoms with van der Waals surface area (Å²) < 4.78 is 1.84. The third-order valence-electron chi connectivity index (χ3n) is 4.82. The van der Waals surface area contributed by atoms with Crippen molar-refractivity contribution in [2.75, 3.05) is 0 Å². The minimum atomic E-state index is -1.21. The van der Waals surface area contributed by atoms with Gasteiger partial charge in [0, 0.05) is 18.1 Å². The number of aromatic carboxylic acids is 1. The highest BCUT2D eigenvalue weighted by Crippen LogP contribution is 2.18. The molecule has 0 saturated carbocycles. The fourth-order valence-electron chi connectivity index (χ4n) is 3.45.